The molecule has 0 bridgehead atoms. The molecule has 0 amide bonds. The Morgan fingerprint density at radius 2 is 0.769 bits per heavy atom. The second-order valence-electron chi connectivity index (χ2n) is 7.09. The Hall–Kier alpha value is -0.160. The van der Waals surface area contributed by atoms with Crippen molar-refractivity contribution in [3.8, 4) is 0 Å². The molecule has 4 nitrogen and oxygen atoms in total. The van der Waals surface area contributed by atoms with Crippen molar-refractivity contribution in [2.45, 2.75) is 111 Å². The fourth-order valence-corrected chi connectivity index (χ4v) is 2.70. The number of hydrogen-bond donors (Lipinski definition) is 0. The lowest BCUT2D eigenvalue weighted by Crippen LogP contribution is -2.40. The summed E-state index contributed by atoms with van der Waals surface area (Å²) in [5.74, 6) is 0.127. The maximum atomic E-state index is 6.16. The van der Waals surface area contributed by atoms with E-state index in [0.717, 1.165) is 90.6 Å². The van der Waals surface area contributed by atoms with Crippen LogP contribution in [-0.2, 0) is 18.9 Å². The first kappa shape index (κ1) is 25.8. The fraction of sp³-hybridized carbons (Fsp3) is 1.00. The normalized spacial score (nSPS) is 12.0. The third-order valence-electron chi connectivity index (χ3n) is 4.44. The van der Waals surface area contributed by atoms with E-state index in [1.807, 2.05) is 0 Å². The molecule has 0 heterocycles. The Balaban J connectivity index is 4.99. The zero-order valence-electron chi connectivity index (χ0n) is 18.3. The minimum absolute atomic E-state index is 0.127. The molecule has 0 aromatic rings. The van der Waals surface area contributed by atoms with Gasteiger partial charge in [-0.3, -0.25) is 0 Å². The van der Waals surface area contributed by atoms with Crippen molar-refractivity contribution in [1.82, 2.24) is 0 Å². The Morgan fingerprint density at radius 3 is 1.00 bits per heavy atom. The maximum Gasteiger partial charge on any atom is 0.165 e. The van der Waals surface area contributed by atoms with E-state index in [1.54, 1.807) is 0 Å². The van der Waals surface area contributed by atoms with Crippen LogP contribution in [0, 0.1) is 5.92 Å². The van der Waals surface area contributed by atoms with Gasteiger partial charge < -0.3 is 18.9 Å². The van der Waals surface area contributed by atoms with E-state index in [9.17, 15) is 0 Å². The first-order chi connectivity index (χ1) is 12.7. The van der Waals surface area contributed by atoms with Crippen molar-refractivity contribution in [3.63, 3.8) is 0 Å². The maximum absolute atomic E-state index is 6.16. The highest BCUT2D eigenvalue weighted by Gasteiger charge is 2.32. The van der Waals surface area contributed by atoms with Crippen molar-refractivity contribution in [2.24, 2.45) is 5.92 Å². The number of rotatable bonds is 20. The van der Waals surface area contributed by atoms with Crippen LogP contribution in [0.3, 0.4) is 0 Å². The van der Waals surface area contributed by atoms with Crippen LogP contribution in [0.5, 0.6) is 0 Å². The summed E-state index contributed by atoms with van der Waals surface area (Å²) in [6.07, 6.45) is 10.3. The molecule has 0 radical (unpaired) electrons. The van der Waals surface area contributed by atoms with Gasteiger partial charge in [-0.25, -0.2) is 0 Å². The SMILES string of the molecule is CCCCOC(OCCCC)C(CCC)C(OCCCC)OCCCC. The molecule has 0 rings (SSSR count). The Bertz CT molecular complexity index is 229. The molecule has 0 fully saturated rings. The van der Waals surface area contributed by atoms with Gasteiger partial charge in [-0.15, -0.1) is 0 Å². The lowest BCUT2D eigenvalue weighted by atomic mass is 10.0. The highest BCUT2D eigenvalue weighted by atomic mass is 16.7. The van der Waals surface area contributed by atoms with Crippen molar-refractivity contribution < 1.29 is 18.9 Å². The van der Waals surface area contributed by atoms with Gasteiger partial charge in [0.15, 0.2) is 12.6 Å². The Labute approximate surface area is 163 Å². The summed E-state index contributed by atoms with van der Waals surface area (Å²) in [5.41, 5.74) is 0. The smallest absolute Gasteiger partial charge is 0.165 e. The van der Waals surface area contributed by atoms with Crippen LogP contribution in [0.15, 0.2) is 0 Å². The first-order valence-corrected chi connectivity index (χ1v) is 11.2. The van der Waals surface area contributed by atoms with Gasteiger partial charge >= 0.3 is 0 Å². The van der Waals surface area contributed by atoms with Crippen LogP contribution >= 0.6 is 0 Å². The second kappa shape index (κ2) is 19.6. The van der Waals surface area contributed by atoms with Gasteiger partial charge in [-0.1, -0.05) is 66.7 Å². The summed E-state index contributed by atoms with van der Waals surface area (Å²) >= 11 is 0. The quantitative estimate of drug-likeness (QED) is 0.184. The molecule has 0 unspecified atom stereocenters. The van der Waals surface area contributed by atoms with E-state index >= 15 is 0 Å². The molecule has 0 saturated carbocycles. The predicted octanol–water partition coefficient (Wildman–Crippen LogP) is 6.32. The molecular formula is C22H46O4. The molecule has 158 valence electrons. The van der Waals surface area contributed by atoms with Gasteiger partial charge in [-0.2, -0.15) is 0 Å². The molecule has 0 aliphatic heterocycles. The lowest BCUT2D eigenvalue weighted by Gasteiger charge is -2.33. The number of unbranched alkanes of at least 4 members (excludes halogenated alkanes) is 4. The summed E-state index contributed by atoms with van der Waals surface area (Å²) in [6.45, 7) is 13.9. The zero-order valence-corrected chi connectivity index (χ0v) is 18.3. The van der Waals surface area contributed by atoms with Crippen molar-refractivity contribution in [1.29, 1.82) is 0 Å². The van der Waals surface area contributed by atoms with Gasteiger partial charge in [0.25, 0.3) is 0 Å². The van der Waals surface area contributed by atoms with Crippen LogP contribution in [0.4, 0.5) is 0 Å². The lowest BCUT2D eigenvalue weighted by molar-refractivity contribution is -0.253. The summed E-state index contributed by atoms with van der Waals surface area (Å²) in [6, 6.07) is 0. The average molecular weight is 375 g/mol. The van der Waals surface area contributed by atoms with Crippen molar-refractivity contribution >= 4 is 0 Å². The van der Waals surface area contributed by atoms with E-state index in [-0.39, 0.29) is 18.5 Å². The fourth-order valence-electron chi connectivity index (χ4n) is 2.70. The summed E-state index contributed by atoms with van der Waals surface area (Å²) in [4.78, 5) is 0. The van der Waals surface area contributed by atoms with E-state index in [2.05, 4.69) is 34.6 Å². The molecule has 4 heteroatoms. The van der Waals surface area contributed by atoms with E-state index in [4.69, 9.17) is 18.9 Å². The Morgan fingerprint density at radius 1 is 0.462 bits per heavy atom. The van der Waals surface area contributed by atoms with Crippen LogP contribution < -0.4 is 0 Å². The van der Waals surface area contributed by atoms with Crippen LogP contribution in [-0.4, -0.2) is 39.0 Å². The molecule has 26 heavy (non-hydrogen) atoms. The largest absolute Gasteiger partial charge is 0.352 e. The topological polar surface area (TPSA) is 36.9 Å². The van der Waals surface area contributed by atoms with Gasteiger partial charge in [0.2, 0.25) is 0 Å². The van der Waals surface area contributed by atoms with Crippen LogP contribution in [0.2, 0.25) is 0 Å². The standard InChI is InChI=1S/C22H46O4/c1-6-11-16-23-21(24-17-12-7-2)20(15-10-5)22(25-18-13-8-3)26-19-14-9-4/h20-22H,6-19H2,1-5H3. The summed E-state index contributed by atoms with van der Waals surface area (Å²) < 4.78 is 24.6. The van der Waals surface area contributed by atoms with Crippen LogP contribution in [0.1, 0.15) is 98.8 Å². The zero-order chi connectivity index (χ0) is 19.5. The number of hydrogen-bond acceptors (Lipinski definition) is 4. The van der Waals surface area contributed by atoms with E-state index < -0.39 is 0 Å². The molecule has 0 atom stereocenters. The highest BCUT2D eigenvalue weighted by Crippen LogP contribution is 2.25. The molecule has 0 saturated heterocycles. The van der Waals surface area contributed by atoms with Gasteiger partial charge in [-0.05, 0) is 32.1 Å². The van der Waals surface area contributed by atoms with Gasteiger partial charge in [0, 0.05) is 26.4 Å². The van der Waals surface area contributed by atoms with E-state index in [0.29, 0.717) is 0 Å². The molecule has 0 aromatic heterocycles. The minimum atomic E-state index is -0.235. The molecular weight excluding hydrogens is 328 g/mol. The van der Waals surface area contributed by atoms with Crippen molar-refractivity contribution in [3.05, 3.63) is 0 Å². The van der Waals surface area contributed by atoms with Crippen molar-refractivity contribution in [2.75, 3.05) is 26.4 Å². The molecule has 0 N–H and O–H groups in total. The molecule has 0 aliphatic carbocycles. The third-order valence-corrected chi connectivity index (χ3v) is 4.44. The minimum Gasteiger partial charge on any atom is -0.352 e. The average Bonchev–Trinajstić information content (AvgIpc) is 2.64. The molecule has 0 aromatic carbocycles. The van der Waals surface area contributed by atoms with Gasteiger partial charge in [0.05, 0.1) is 5.92 Å². The van der Waals surface area contributed by atoms with Crippen LogP contribution in [0.25, 0.3) is 0 Å². The van der Waals surface area contributed by atoms with Gasteiger partial charge in [0.1, 0.15) is 0 Å². The highest BCUT2D eigenvalue weighted by molar-refractivity contribution is 4.69. The summed E-state index contributed by atoms with van der Waals surface area (Å²) in [7, 11) is 0. The molecule has 0 aliphatic rings. The first-order valence-electron chi connectivity index (χ1n) is 11.2. The Kier molecular flexibility index (Phi) is 19.5. The second-order valence-corrected chi connectivity index (χ2v) is 7.09. The van der Waals surface area contributed by atoms with E-state index in [1.165, 1.54) is 0 Å². The summed E-state index contributed by atoms with van der Waals surface area (Å²) in [5, 5.41) is 0. The third kappa shape index (κ3) is 13.1. The number of ether oxygens (including phenoxy) is 4. The predicted molar refractivity (Wildman–Crippen MR) is 109 cm³/mol. The molecule has 0 spiro atoms. The monoisotopic (exact) mass is 374 g/mol.